The zero-order valence-electron chi connectivity index (χ0n) is 15.4. The first-order valence-electron chi connectivity index (χ1n) is 8.71. The van der Waals surface area contributed by atoms with Crippen molar-refractivity contribution in [2.75, 3.05) is 13.2 Å². The third kappa shape index (κ3) is 6.31. The maximum Gasteiger partial charge on any atom is 0.338 e. The molecule has 1 aromatic carbocycles. The molecule has 0 aliphatic carbocycles. The average molecular weight is 363 g/mol. The van der Waals surface area contributed by atoms with E-state index in [4.69, 9.17) is 9.47 Å². The topological polar surface area (TPSA) is 98.8 Å². The van der Waals surface area contributed by atoms with Gasteiger partial charge in [-0.05, 0) is 32.4 Å². The molecule has 0 bridgehead atoms. The zero-order valence-corrected chi connectivity index (χ0v) is 15.4. The zero-order chi connectivity index (χ0) is 19.5. The number of carbonyl (C=O) groups excluding carboxylic acids is 4. The molecule has 0 aromatic heterocycles. The Morgan fingerprint density at radius 1 is 1.00 bits per heavy atom. The van der Waals surface area contributed by atoms with Crippen molar-refractivity contribution in [3.05, 3.63) is 35.4 Å². The second-order valence-electron chi connectivity index (χ2n) is 5.59. The van der Waals surface area contributed by atoms with E-state index in [0.29, 0.717) is 6.42 Å². The van der Waals surface area contributed by atoms with Crippen LogP contribution in [0.1, 0.15) is 60.7 Å². The summed E-state index contributed by atoms with van der Waals surface area (Å²) in [5, 5.41) is 2.27. The van der Waals surface area contributed by atoms with Crippen molar-refractivity contribution in [2.45, 2.75) is 40.0 Å². The Bertz CT molecular complexity index is 618. The molecule has 1 atom stereocenters. The lowest BCUT2D eigenvalue weighted by Gasteiger charge is -2.07. The lowest BCUT2D eigenvalue weighted by molar-refractivity contribution is -0.125. The van der Waals surface area contributed by atoms with Gasteiger partial charge in [0.05, 0.1) is 24.3 Å². The number of hydrogen-bond acceptors (Lipinski definition) is 6. The van der Waals surface area contributed by atoms with Gasteiger partial charge >= 0.3 is 11.9 Å². The number of ether oxygens (including phenoxy) is 2. The van der Waals surface area contributed by atoms with E-state index in [0.717, 1.165) is 12.8 Å². The maximum absolute atomic E-state index is 11.5. The van der Waals surface area contributed by atoms with Crippen LogP contribution in [0.2, 0.25) is 0 Å². The first kappa shape index (κ1) is 21.3. The van der Waals surface area contributed by atoms with Crippen molar-refractivity contribution in [1.82, 2.24) is 5.32 Å². The highest BCUT2D eigenvalue weighted by molar-refractivity contribution is 6.03. The van der Waals surface area contributed by atoms with E-state index in [1.807, 2.05) is 6.92 Å². The summed E-state index contributed by atoms with van der Waals surface area (Å²) >= 11 is 0. The molecule has 1 aliphatic heterocycles. The number of esters is 2. The van der Waals surface area contributed by atoms with Crippen LogP contribution in [-0.4, -0.2) is 37.0 Å². The number of benzene rings is 1. The summed E-state index contributed by atoms with van der Waals surface area (Å²) in [6.07, 6.45) is 2.19. The summed E-state index contributed by atoms with van der Waals surface area (Å²) in [5.41, 5.74) is 0.477. The molecule has 2 rings (SSSR count). The van der Waals surface area contributed by atoms with Crippen LogP contribution in [0.5, 0.6) is 0 Å². The fourth-order valence-electron chi connectivity index (χ4n) is 2.45. The van der Waals surface area contributed by atoms with Gasteiger partial charge in [-0.15, -0.1) is 0 Å². The highest BCUT2D eigenvalue weighted by Gasteiger charge is 2.29. The summed E-state index contributed by atoms with van der Waals surface area (Å²) in [7, 11) is 0. The molecule has 0 saturated carbocycles. The number of imide groups is 1. The van der Waals surface area contributed by atoms with Gasteiger partial charge in [0.1, 0.15) is 0 Å². The number of amides is 2. The Balaban J connectivity index is 0.000000289. The molecule has 2 amide bonds. The van der Waals surface area contributed by atoms with Gasteiger partial charge < -0.3 is 9.47 Å². The van der Waals surface area contributed by atoms with Crippen LogP contribution < -0.4 is 5.32 Å². The van der Waals surface area contributed by atoms with E-state index >= 15 is 0 Å². The van der Waals surface area contributed by atoms with Crippen molar-refractivity contribution in [1.29, 1.82) is 0 Å². The Hall–Kier alpha value is -2.70. The van der Waals surface area contributed by atoms with Crippen LogP contribution in [0, 0.1) is 5.92 Å². The van der Waals surface area contributed by atoms with Crippen LogP contribution >= 0.6 is 0 Å². The van der Waals surface area contributed by atoms with Crippen LogP contribution in [0.3, 0.4) is 0 Å². The van der Waals surface area contributed by atoms with Crippen molar-refractivity contribution in [3.8, 4) is 0 Å². The lowest BCUT2D eigenvalue weighted by atomic mass is 10.0. The molecule has 0 spiro atoms. The number of nitrogens with one attached hydrogen (secondary N) is 1. The Labute approximate surface area is 153 Å². The predicted molar refractivity (Wildman–Crippen MR) is 94.5 cm³/mol. The molecule has 1 saturated heterocycles. The molecule has 142 valence electrons. The van der Waals surface area contributed by atoms with Crippen molar-refractivity contribution in [2.24, 2.45) is 5.92 Å². The van der Waals surface area contributed by atoms with E-state index in [1.165, 1.54) is 0 Å². The molecule has 1 aromatic rings. The summed E-state index contributed by atoms with van der Waals surface area (Å²) < 4.78 is 9.70. The Morgan fingerprint density at radius 3 is 1.85 bits per heavy atom. The van der Waals surface area contributed by atoms with Gasteiger partial charge in [-0.25, -0.2) is 9.59 Å². The molecule has 7 heteroatoms. The summed E-state index contributed by atoms with van der Waals surface area (Å²) in [6.45, 7) is 5.98. The predicted octanol–water partition coefficient (Wildman–Crippen LogP) is 2.49. The average Bonchev–Trinajstić information content (AvgIpc) is 2.93. The summed E-state index contributed by atoms with van der Waals surface area (Å²) in [6, 6.07) is 6.44. The first-order valence-corrected chi connectivity index (χ1v) is 8.71. The minimum absolute atomic E-state index is 0.0440. The van der Waals surface area contributed by atoms with Crippen molar-refractivity contribution in [3.63, 3.8) is 0 Å². The Kier molecular flexibility index (Phi) is 9.05. The van der Waals surface area contributed by atoms with Crippen LogP contribution in [-0.2, 0) is 19.1 Å². The second kappa shape index (κ2) is 11.0. The van der Waals surface area contributed by atoms with E-state index in [2.05, 4.69) is 5.32 Å². The van der Waals surface area contributed by atoms with Gasteiger partial charge in [0.15, 0.2) is 0 Å². The molecule has 0 radical (unpaired) electrons. The molecular weight excluding hydrogens is 338 g/mol. The van der Waals surface area contributed by atoms with Gasteiger partial charge in [-0.3, -0.25) is 14.9 Å². The summed E-state index contributed by atoms with van der Waals surface area (Å²) in [5.74, 6) is -1.27. The fourth-order valence-corrected chi connectivity index (χ4v) is 2.45. The van der Waals surface area contributed by atoms with Crippen molar-refractivity contribution < 1.29 is 28.7 Å². The third-order valence-corrected chi connectivity index (χ3v) is 3.62. The molecule has 1 aliphatic rings. The number of rotatable bonds is 6. The molecule has 1 fully saturated rings. The second-order valence-corrected chi connectivity index (χ2v) is 5.59. The van der Waals surface area contributed by atoms with E-state index in [9.17, 15) is 19.2 Å². The summed E-state index contributed by atoms with van der Waals surface area (Å²) in [4.78, 5) is 44.5. The van der Waals surface area contributed by atoms with E-state index < -0.39 is 11.9 Å². The molecule has 1 heterocycles. The maximum atomic E-state index is 11.5. The minimum atomic E-state index is -0.508. The molecule has 26 heavy (non-hydrogen) atoms. The molecular formula is C19H25NO6. The lowest BCUT2D eigenvalue weighted by Crippen LogP contribution is -2.21. The quantitative estimate of drug-likeness (QED) is 0.616. The van der Waals surface area contributed by atoms with E-state index in [-0.39, 0.29) is 42.1 Å². The largest absolute Gasteiger partial charge is 0.462 e. The van der Waals surface area contributed by atoms with Gasteiger partial charge in [0.25, 0.3) is 0 Å². The minimum Gasteiger partial charge on any atom is -0.462 e. The molecule has 7 nitrogen and oxygen atoms in total. The molecule has 1 unspecified atom stereocenters. The molecule has 1 N–H and O–H groups in total. The van der Waals surface area contributed by atoms with Crippen molar-refractivity contribution >= 4 is 23.8 Å². The van der Waals surface area contributed by atoms with E-state index in [1.54, 1.807) is 38.1 Å². The van der Waals surface area contributed by atoms with Gasteiger partial charge in [-0.2, -0.15) is 0 Å². The SMILES string of the molecule is CCCC1CC(=O)NC1=O.CCOC(=O)c1ccccc1C(=O)OCC. The fraction of sp³-hybridized carbons (Fsp3) is 0.474. The number of carbonyl (C=O) groups is 4. The first-order chi connectivity index (χ1) is 12.4. The number of hydrogen-bond donors (Lipinski definition) is 1. The monoisotopic (exact) mass is 363 g/mol. The van der Waals surface area contributed by atoms with Crippen LogP contribution in [0.4, 0.5) is 0 Å². The van der Waals surface area contributed by atoms with Gasteiger partial charge in [-0.1, -0.05) is 25.5 Å². The van der Waals surface area contributed by atoms with Gasteiger partial charge in [0, 0.05) is 12.3 Å². The third-order valence-electron chi connectivity index (χ3n) is 3.62. The highest BCUT2D eigenvalue weighted by atomic mass is 16.5. The van der Waals surface area contributed by atoms with Crippen LogP contribution in [0.15, 0.2) is 24.3 Å². The highest BCUT2D eigenvalue weighted by Crippen LogP contribution is 2.16. The van der Waals surface area contributed by atoms with Crippen LogP contribution in [0.25, 0.3) is 0 Å². The smallest absolute Gasteiger partial charge is 0.338 e. The normalized spacial score (nSPS) is 15.6. The standard InChI is InChI=1S/C12H14O4.C7H11NO2/c1-3-15-11(13)9-7-5-6-8-10(9)12(14)16-4-2;1-2-3-5-4-6(9)8-7(5)10/h5-8H,3-4H2,1-2H3;5H,2-4H2,1H3,(H,8,9,10). The Morgan fingerprint density at radius 2 is 1.50 bits per heavy atom. The van der Waals surface area contributed by atoms with Gasteiger partial charge in [0.2, 0.25) is 11.8 Å².